The molecule has 0 saturated carbocycles. The summed E-state index contributed by atoms with van der Waals surface area (Å²) in [6, 6.07) is 5.07. The first kappa shape index (κ1) is 17.3. The number of aliphatic hydroxyl groups is 1. The Morgan fingerprint density at radius 3 is 2.38 bits per heavy atom. The van der Waals surface area contributed by atoms with Crippen molar-refractivity contribution in [2.45, 2.75) is 13.3 Å². The van der Waals surface area contributed by atoms with Gasteiger partial charge in [-0.3, -0.25) is 9.59 Å². The third kappa shape index (κ3) is 5.61. The molecule has 116 valence electrons. The summed E-state index contributed by atoms with van der Waals surface area (Å²) in [5, 5.41) is 17.9. The van der Waals surface area contributed by atoms with E-state index in [2.05, 4.69) is 0 Å². The SMILES string of the molecule is CCN(CCO)CC(CC(=O)O)C(=O)c1ccc(F)cc1. The van der Waals surface area contributed by atoms with Crippen LogP contribution in [-0.4, -0.2) is 53.1 Å². The second-order valence-corrected chi connectivity index (χ2v) is 4.78. The third-order valence-electron chi connectivity index (χ3n) is 3.26. The number of nitrogens with zero attached hydrogens (tertiary/aromatic N) is 1. The fourth-order valence-electron chi connectivity index (χ4n) is 2.13. The number of carboxylic acids is 1. The molecule has 1 aromatic carbocycles. The third-order valence-corrected chi connectivity index (χ3v) is 3.26. The number of carboxylic acid groups (broad SMARTS) is 1. The molecule has 0 bridgehead atoms. The van der Waals surface area contributed by atoms with Crippen molar-refractivity contribution in [3.8, 4) is 0 Å². The molecule has 0 radical (unpaired) electrons. The number of likely N-dealkylation sites (N-methyl/N-ethyl adjacent to an activating group) is 1. The van der Waals surface area contributed by atoms with Crippen LogP contribution in [0, 0.1) is 11.7 Å². The lowest BCUT2D eigenvalue weighted by Gasteiger charge is -2.24. The van der Waals surface area contributed by atoms with Crippen LogP contribution in [0.2, 0.25) is 0 Å². The number of ketones is 1. The first-order valence-corrected chi connectivity index (χ1v) is 6.82. The van der Waals surface area contributed by atoms with Gasteiger partial charge in [-0.05, 0) is 30.8 Å². The molecule has 6 heteroatoms. The maximum absolute atomic E-state index is 12.9. The Labute approximate surface area is 123 Å². The highest BCUT2D eigenvalue weighted by Gasteiger charge is 2.25. The van der Waals surface area contributed by atoms with Crippen molar-refractivity contribution in [2.24, 2.45) is 5.92 Å². The molecule has 21 heavy (non-hydrogen) atoms. The van der Waals surface area contributed by atoms with E-state index in [9.17, 15) is 14.0 Å². The topological polar surface area (TPSA) is 77.8 Å². The van der Waals surface area contributed by atoms with E-state index in [-0.39, 0.29) is 25.4 Å². The molecular weight excluding hydrogens is 277 g/mol. The molecule has 0 spiro atoms. The van der Waals surface area contributed by atoms with E-state index >= 15 is 0 Å². The number of hydrogen-bond acceptors (Lipinski definition) is 4. The van der Waals surface area contributed by atoms with Crippen molar-refractivity contribution in [2.75, 3.05) is 26.2 Å². The van der Waals surface area contributed by atoms with Gasteiger partial charge in [0.15, 0.2) is 5.78 Å². The standard InChI is InChI=1S/C15H20FNO4/c1-2-17(7-8-18)10-12(9-14(19)20)15(21)11-3-5-13(16)6-4-11/h3-6,12,18H,2,7-10H2,1H3,(H,19,20). The second kappa shape index (κ2) is 8.49. The minimum absolute atomic E-state index is 0.0572. The summed E-state index contributed by atoms with van der Waals surface area (Å²) in [6.07, 6.45) is -0.294. The van der Waals surface area contributed by atoms with Gasteiger partial charge in [0.05, 0.1) is 13.0 Å². The van der Waals surface area contributed by atoms with E-state index in [1.807, 2.05) is 11.8 Å². The average molecular weight is 297 g/mol. The number of rotatable bonds is 9. The number of halogens is 1. The quantitative estimate of drug-likeness (QED) is 0.674. The summed E-state index contributed by atoms with van der Waals surface area (Å²) in [4.78, 5) is 25.1. The van der Waals surface area contributed by atoms with Crippen LogP contribution >= 0.6 is 0 Å². The second-order valence-electron chi connectivity index (χ2n) is 4.78. The molecule has 1 unspecified atom stereocenters. The monoisotopic (exact) mass is 297 g/mol. The van der Waals surface area contributed by atoms with Gasteiger partial charge in [0.2, 0.25) is 0 Å². The summed E-state index contributed by atoms with van der Waals surface area (Å²) < 4.78 is 12.9. The van der Waals surface area contributed by atoms with E-state index < -0.39 is 17.7 Å². The number of carbonyl (C=O) groups is 2. The maximum atomic E-state index is 12.9. The van der Waals surface area contributed by atoms with E-state index in [1.54, 1.807) is 0 Å². The maximum Gasteiger partial charge on any atom is 0.304 e. The lowest BCUT2D eigenvalue weighted by atomic mass is 9.94. The molecule has 2 N–H and O–H groups in total. The summed E-state index contributed by atoms with van der Waals surface area (Å²) in [5.74, 6) is -2.56. The van der Waals surface area contributed by atoms with Gasteiger partial charge >= 0.3 is 5.97 Å². The largest absolute Gasteiger partial charge is 0.481 e. The molecular formula is C15H20FNO4. The smallest absolute Gasteiger partial charge is 0.304 e. The fourth-order valence-corrected chi connectivity index (χ4v) is 2.13. The molecule has 0 amide bonds. The van der Waals surface area contributed by atoms with Crippen molar-refractivity contribution < 1.29 is 24.2 Å². The highest BCUT2D eigenvalue weighted by molar-refractivity contribution is 5.99. The molecule has 1 aromatic rings. The molecule has 0 aliphatic rings. The van der Waals surface area contributed by atoms with Gasteiger partial charge in [-0.2, -0.15) is 0 Å². The number of hydrogen-bond donors (Lipinski definition) is 2. The van der Waals surface area contributed by atoms with Crippen LogP contribution in [0.25, 0.3) is 0 Å². The molecule has 5 nitrogen and oxygen atoms in total. The van der Waals surface area contributed by atoms with Crippen molar-refractivity contribution in [3.63, 3.8) is 0 Å². The minimum atomic E-state index is -1.06. The highest BCUT2D eigenvalue weighted by Crippen LogP contribution is 2.15. The summed E-state index contributed by atoms with van der Waals surface area (Å²) >= 11 is 0. The molecule has 1 rings (SSSR count). The highest BCUT2D eigenvalue weighted by atomic mass is 19.1. The lowest BCUT2D eigenvalue weighted by Crippen LogP contribution is -2.36. The predicted octanol–water partition coefficient (Wildman–Crippen LogP) is 1.41. The molecule has 0 aromatic heterocycles. The number of aliphatic carboxylic acids is 1. The normalized spacial score (nSPS) is 12.4. The first-order valence-electron chi connectivity index (χ1n) is 6.82. The van der Waals surface area contributed by atoms with Gasteiger partial charge in [0.1, 0.15) is 5.82 Å². The molecule has 0 aliphatic heterocycles. The van der Waals surface area contributed by atoms with E-state index in [1.165, 1.54) is 24.3 Å². The van der Waals surface area contributed by atoms with Crippen LogP contribution in [0.4, 0.5) is 4.39 Å². The Morgan fingerprint density at radius 1 is 1.29 bits per heavy atom. The van der Waals surface area contributed by atoms with Crippen LogP contribution in [0.15, 0.2) is 24.3 Å². The molecule has 0 heterocycles. The Hall–Kier alpha value is -1.79. The Kier molecular flexibility index (Phi) is 6.98. The zero-order chi connectivity index (χ0) is 15.8. The van der Waals surface area contributed by atoms with Crippen molar-refractivity contribution in [3.05, 3.63) is 35.6 Å². The minimum Gasteiger partial charge on any atom is -0.481 e. The van der Waals surface area contributed by atoms with Crippen molar-refractivity contribution >= 4 is 11.8 Å². The zero-order valence-electron chi connectivity index (χ0n) is 12.0. The van der Waals surface area contributed by atoms with Gasteiger partial charge in [0.25, 0.3) is 0 Å². The van der Waals surface area contributed by atoms with Gasteiger partial charge in [-0.15, -0.1) is 0 Å². The number of benzene rings is 1. The summed E-state index contributed by atoms with van der Waals surface area (Å²) in [5.41, 5.74) is 0.294. The zero-order valence-corrected chi connectivity index (χ0v) is 12.0. The van der Waals surface area contributed by atoms with Crippen LogP contribution in [0.5, 0.6) is 0 Å². The molecule has 1 atom stereocenters. The molecule has 0 saturated heterocycles. The Morgan fingerprint density at radius 2 is 1.90 bits per heavy atom. The van der Waals surface area contributed by atoms with Crippen LogP contribution in [-0.2, 0) is 4.79 Å². The van der Waals surface area contributed by atoms with Crippen LogP contribution in [0.1, 0.15) is 23.7 Å². The van der Waals surface area contributed by atoms with E-state index in [0.29, 0.717) is 18.7 Å². The number of aliphatic hydroxyl groups excluding tert-OH is 1. The Balaban J connectivity index is 2.87. The van der Waals surface area contributed by atoms with Gasteiger partial charge in [-0.25, -0.2) is 4.39 Å². The van der Waals surface area contributed by atoms with E-state index in [0.717, 1.165) is 0 Å². The van der Waals surface area contributed by atoms with Gasteiger partial charge < -0.3 is 15.1 Å². The predicted molar refractivity (Wildman–Crippen MR) is 75.7 cm³/mol. The molecule has 0 aliphatic carbocycles. The van der Waals surface area contributed by atoms with E-state index in [4.69, 9.17) is 10.2 Å². The first-order chi connectivity index (χ1) is 9.97. The van der Waals surface area contributed by atoms with Gasteiger partial charge in [0, 0.05) is 24.6 Å². The van der Waals surface area contributed by atoms with Crippen LogP contribution < -0.4 is 0 Å². The van der Waals surface area contributed by atoms with Crippen LogP contribution in [0.3, 0.4) is 0 Å². The lowest BCUT2D eigenvalue weighted by molar-refractivity contribution is -0.137. The number of carbonyl (C=O) groups excluding carboxylic acids is 1. The fraction of sp³-hybridized carbons (Fsp3) is 0.467. The average Bonchev–Trinajstić information content (AvgIpc) is 2.45. The van der Waals surface area contributed by atoms with Crippen molar-refractivity contribution in [1.29, 1.82) is 0 Å². The number of Topliss-reactive ketones (excluding diaryl/α,β-unsaturated/α-hetero) is 1. The summed E-state index contributed by atoms with van der Waals surface area (Å²) in [7, 11) is 0. The summed E-state index contributed by atoms with van der Waals surface area (Å²) in [6.45, 7) is 3.05. The van der Waals surface area contributed by atoms with Gasteiger partial charge in [-0.1, -0.05) is 6.92 Å². The molecule has 0 fully saturated rings. The van der Waals surface area contributed by atoms with Crippen molar-refractivity contribution in [1.82, 2.24) is 4.90 Å². The Bertz CT molecular complexity index is 475.